The smallest absolute Gasteiger partial charge is 0.386 e. The average molecular weight is 301 g/mol. The molecule has 116 valence electrons. The van der Waals surface area contributed by atoms with Crippen LogP contribution in [0.5, 0.6) is 0 Å². The Morgan fingerprint density at radius 1 is 1.38 bits per heavy atom. The van der Waals surface area contributed by atoms with Gasteiger partial charge in [-0.25, -0.2) is 0 Å². The van der Waals surface area contributed by atoms with Crippen LogP contribution in [0.3, 0.4) is 0 Å². The van der Waals surface area contributed by atoms with Crippen molar-refractivity contribution >= 4 is 5.91 Å². The molecule has 0 unspecified atom stereocenters. The molecule has 1 aromatic rings. The van der Waals surface area contributed by atoms with Crippen molar-refractivity contribution in [3.05, 3.63) is 35.4 Å². The number of amides is 1. The minimum atomic E-state index is -4.41. The van der Waals surface area contributed by atoms with E-state index in [1.165, 1.54) is 17.0 Å². The van der Waals surface area contributed by atoms with E-state index in [0.29, 0.717) is 5.56 Å². The van der Waals surface area contributed by atoms with Crippen LogP contribution >= 0.6 is 0 Å². The van der Waals surface area contributed by atoms with Gasteiger partial charge in [0.2, 0.25) is 5.91 Å². The van der Waals surface area contributed by atoms with E-state index in [2.05, 4.69) is 0 Å². The topological polar surface area (TPSA) is 40.5 Å². The average Bonchev–Trinajstić information content (AvgIpc) is 2.33. The highest BCUT2D eigenvalue weighted by Gasteiger charge is 2.45. The van der Waals surface area contributed by atoms with Gasteiger partial charge in [0.15, 0.2) is 0 Å². The molecule has 0 radical (unpaired) electrons. The highest BCUT2D eigenvalue weighted by atomic mass is 19.4. The summed E-state index contributed by atoms with van der Waals surface area (Å²) in [6.07, 6.45) is -4.49. The van der Waals surface area contributed by atoms with Gasteiger partial charge in [-0.3, -0.25) is 4.79 Å². The Bertz CT molecular complexity index is 534. The van der Waals surface area contributed by atoms with Crippen molar-refractivity contribution in [2.24, 2.45) is 5.92 Å². The van der Waals surface area contributed by atoms with E-state index in [-0.39, 0.29) is 31.3 Å². The van der Waals surface area contributed by atoms with Gasteiger partial charge in [0.1, 0.15) is 5.60 Å². The number of β-amino-alcohol motifs (C(OH)–C–C–N with tert-alkyl or cyclic N) is 1. The normalized spacial score (nSPS) is 17.8. The van der Waals surface area contributed by atoms with Gasteiger partial charge in [-0.15, -0.1) is 0 Å². The van der Waals surface area contributed by atoms with Crippen LogP contribution in [0, 0.1) is 5.92 Å². The Hall–Kier alpha value is -1.56. The van der Waals surface area contributed by atoms with E-state index >= 15 is 0 Å². The van der Waals surface area contributed by atoms with Gasteiger partial charge in [0, 0.05) is 0 Å². The third-order valence-corrected chi connectivity index (χ3v) is 3.97. The van der Waals surface area contributed by atoms with Crippen molar-refractivity contribution in [2.75, 3.05) is 13.1 Å². The first-order chi connectivity index (χ1) is 9.62. The number of alkyl halides is 3. The lowest BCUT2D eigenvalue weighted by atomic mass is 9.82. The second-order valence-corrected chi connectivity index (χ2v) is 5.88. The molecular weight excluding hydrogens is 283 g/mol. The molecule has 1 fully saturated rings. The molecule has 1 aliphatic rings. The van der Waals surface area contributed by atoms with E-state index in [9.17, 15) is 23.1 Å². The minimum Gasteiger partial charge on any atom is -0.386 e. The number of rotatable bonds is 3. The molecule has 0 bridgehead atoms. The molecule has 21 heavy (non-hydrogen) atoms. The SMILES string of the molecule is CC(C)C1(O)CN(C(=O)Cc2cccc(C(F)(F)F)c2)C1. The predicted octanol–water partition coefficient (Wildman–Crippen LogP) is 2.48. The number of hydrogen-bond acceptors (Lipinski definition) is 2. The molecule has 1 aliphatic heterocycles. The molecule has 0 saturated carbocycles. The summed E-state index contributed by atoms with van der Waals surface area (Å²) in [6, 6.07) is 4.77. The molecule has 0 aliphatic carbocycles. The van der Waals surface area contributed by atoms with Crippen molar-refractivity contribution in [2.45, 2.75) is 32.0 Å². The summed E-state index contributed by atoms with van der Waals surface area (Å²) in [7, 11) is 0. The fourth-order valence-electron chi connectivity index (χ4n) is 2.30. The summed E-state index contributed by atoms with van der Waals surface area (Å²) in [5.74, 6) is -0.227. The zero-order chi connectivity index (χ0) is 15.8. The molecule has 1 heterocycles. The van der Waals surface area contributed by atoms with E-state index in [1.54, 1.807) is 0 Å². The van der Waals surface area contributed by atoms with Crippen LogP contribution in [-0.4, -0.2) is 34.6 Å². The van der Waals surface area contributed by atoms with E-state index in [0.717, 1.165) is 12.1 Å². The molecule has 1 saturated heterocycles. The summed E-state index contributed by atoms with van der Waals surface area (Å²) in [4.78, 5) is 13.5. The van der Waals surface area contributed by atoms with Crippen LogP contribution in [0.1, 0.15) is 25.0 Å². The summed E-state index contributed by atoms with van der Waals surface area (Å²) >= 11 is 0. The number of benzene rings is 1. The van der Waals surface area contributed by atoms with Crippen LogP contribution in [0.4, 0.5) is 13.2 Å². The standard InChI is InChI=1S/C15H18F3NO2/c1-10(2)14(21)8-19(9-14)13(20)7-11-4-3-5-12(6-11)15(16,17)18/h3-6,10,21H,7-9H2,1-2H3. The van der Waals surface area contributed by atoms with E-state index in [4.69, 9.17) is 0 Å². The second-order valence-electron chi connectivity index (χ2n) is 5.88. The zero-order valence-corrected chi connectivity index (χ0v) is 11.9. The van der Waals surface area contributed by atoms with E-state index < -0.39 is 17.3 Å². The fraction of sp³-hybridized carbons (Fsp3) is 0.533. The second kappa shape index (κ2) is 5.33. The molecule has 6 heteroatoms. The van der Waals surface area contributed by atoms with Crippen LogP contribution < -0.4 is 0 Å². The molecule has 0 spiro atoms. The summed E-state index contributed by atoms with van der Waals surface area (Å²) in [5, 5.41) is 10.1. The third kappa shape index (κ3) is 3.37. The Morgan fingerprint density at radius 3 is 2.52 bits per heavy atom. The molecule has 3 nitrogen and oxygen atoms in total. The van der Waals surface area contributed by atoms with Gasteiger partial charge >= 0.3 is 6.18 Å². The van der Waals surface area contributed by atoms with Gasteiger partial charge in [0.05, 0.1) is 25.1 Å². The highest BCUT2D eigenvalue weighted by molar-refractivity contribution is 5.80. The molecule has 1 aromatic carbocycles. The van der Waals surface area contributed by atoms with Crippen molar-refractivity contribution in [1.82, 2.24) is 4.90 Å². The maximum absolute atomic E-state index is 12.6. The first kappa shape index (κ1) is 15.8. The third-order valence-electron chi connectivity index (χ3n) is 3.97. The molecule has 0 aromatic heterocycles. The minimum absolute atomic E-state index is 0.0371. The zero-order valence-electron chi connectivity index (χ0n) is 11.9. The lowest BCUT2D eigenvalue weighted by molar-refractivity contribution is -0.163. The van der Waals surface area contributed by atoms with Crippen molar-refractivity contribution in [1.29, 1.82) is 0 Å². The summed E-state index contributed by atoms with van der Waals surface area (Å²) in [6.45, 7) is 4.22. The van der Waals surface area contributed by atoms with Crippen LogP contribution in [0.2, 0.25) is 0 Å². The van der Waals surface area contributed by atoms with Gasteiger partial charge in [0.25, 0.3) is 0 Å². The molecule has 0 atom stereocenters. The van der Waals surface area contributed by atoms with Crippen molar-refractivity contribution < 1.29 is 23.1 Å². The molecule has 1 N–H and O–H groups in total. The molecule has 1 amide bonds. The first-order valence-electron chi connectivity index (χ1n) is 6.78. The molecule has 2 rings (SSSR count). The lowest BCUT2D eigenvalue weighted by Gasteiger charge is -2.49. The fourth-order valence-corrected chi connectivity index (χ4v) is 2.30. The number of halogens is 3. The predicted molar refractivity (Wildman–Crippen MR) is 71.5 cm³/mol. The van der Waals surface area contributed by atoms with Gasteiger partial charge in [-0.2, -0.15) is 13.2 Å². The van der Waals surface area contributed by atoms with Gasteiger partial charge in [-0.05, 0) is 17.5 Å². The number of nitrogens with zero attached hydrogens (tertiary/aromatic N) is 1. The highest BCUT2D eigenvalue weighted by Crippen LogP contribution is 2.31. The number of carbonyl (C=O) groups excluding carboxylic acids is 1. The van der Waals surface area contributed by atoms with E-state index in [1.807, 2.05) is 13.8 Å². The number of hydrogen-bond donors (Lipinski definition) is 1. The lowest BCUT2D eigenvalue weighted by Crippen LogP contribution is -2.66. The van der Waals surface area contributed by atoms with Crippen molar-refractivity contribution in [3.63, 3.8) is 0 Å². The summed E-state index contributed by atoms with van der Waals surface area (Å²) < 4.78 is 37.8. The largest absolute Gasteiger partial charge is 0.416 e. The quantitative estimate of drug-likeness (QED) is 0.932. The van der Waals surface area contributed by atoms with Gasteiger partial charge in [-0.1, -0.05) is 32.0 Å². The summed E-state index contributed by atoms with van der Waals surface area (Å²) in [5.41, 5.74) is -1.30. The monoisotopic (exact) mass is 301 g/mol. The Kier molecular flexibility index (Phi) is 4.02. The van der Waals surface area contributed by atoms with Crippen molar-refractivity contribution in [3.8, 4) is 0 Å². The number of carbonyl (C=O) groups is 1. The van der Waals surface area contributed by atoms with Crippen LogP contribution in [-0.2, 0) is 17.4 Å². The van der Waals surface area contributed by atoms with Crippen LogP contribution in [0.15, 0.2) is 24.3 Å². The Labute approximate surface area is 121 Å². The number of aliphatic hydroxyl groups is 1. The Morgan fingerprint density at radius 2 is 2.00 bits per heavy atom. The maximum atomic E-state index is 12.6. The molecular formula is C15H18F3NO2. The van der Waals surface area contributed by atoms with Crippen LogP contribution in [0.25, 0.3) is 0 Å². The first-order valence-corrected chi connectivity index (χ1v) is 6.78. The maximum Gasteiger partial charge on any atom is 0.416 e. The number of likely N-dealkylation sites (tertiary alicyclic amines) is 1. The Balaban J connectivity index is 1.99. The van der Waals surface area contributed by atoms with Gasteiger partial charge < -0.3 is 10.0 Å².